The van der Waals surface area contributed by atoms with Gasteiger partial charge in [-0.1, -0.05) is 42.4 Å². The molecular weight excluding hydrogens is 248 g/mol. The summed E-state index contributed by atoms with van der Waals surface area (Å²) in [6.07, 6.45) is 2.15. The summed E-state index contributed by atoms with van der Waals surface area (Å²) in [6, 6.07) is 10.6. The zero-order valence-electron chi connectivity index (χ0n) is 12.6. The first-order valence-corrected chi connectivity index (χ1v) is 7.36. The third-order valence-corrected chi connectivity index (χ3v) is 3.78. The van der Waals surface area contributed by atoms with Crippen molar-refractivity contribution in [2.24, 2.45) is 0 Å². The van der Waals surface area contributed by atoms with Gasteiger partial charge in [0.05, 0.1) is 5.69 Å². The summed E-state index contributed by atoms with van der Waals surface area (Å²) in [5, 5.41) is 7.52. The van der Waals surface area contributed by atoms with Gasteiger partial charge in [0.2, 0.25) is 0 Å². The average Bonchev–Trinajstić information content (AvgIpc) is 2.79. The summed E-state index contributed by atoms with van der Waals surface area (Å²) < 4.78 is 5.18. The van der Waals surface area contributed by atoms with Crippen LogP contribution in [0.3, 0.4) is 0 Å². The molecular formula is C17H24N2O. The van der Waals surface area contributed by atoms with Crippen LogP contribution in [0, 0.1) is 13.8 Å². The minimum Gasteiger partial charge on any atom is -0.361 e. The van der Waals surface area contributed by atoms with Crippen LogP contribution in [0.5, 0.6) is 0 Å². The van der Waals surface area contributed by atoms with Crippen LogP contribution in [-0.2, 0) is 6.42 Å². The van der Waals surface area contributed by atoms with Gasteiger partial charge in [-0.3, -0.25) is 0 Å². The lowest BCUT2D eigenvalue weighted by atomic mass is 10.0. The first-order valence-electron chi connectivity index (χ1n) is 7.36. The second-order valence-electron chi connectivity index (χ2n) is 5.42. The Kier molecular flexibility index (Phi) is 5.36. The molecule has 0 bridgehead atoms. The first-order chi connectivity index (χ1) is 9.68. The number of nitrogens with zero attached hydrogens (tertiary/aromatic N) is 1. The lowest BCUT2D eigenvalue weighted by Crippen LogP contribution is -2.21. The highest BCUT2D eigenvalue weighted by Gasteiger charge is 2.08. The molecule has 0 saturated heterocycles. The van der Waals surface area contributed by atoms with Crippen molar-refractivity contribution < 1.29 is 4.52 Å². The van der Waals surface area contributed by atoms with E-state index in [0.717, 1.165) is 37.4 Å². The van der Waals surface area contributed by atoms with E-state index in [1.54, 1.807) is 0 Å². The second kappa shape index (κ2) is 7.25. The van der Waals surface area contributed by atoms with Gasteiger partial charge in [-0.05, 0) is 44.7 Å². The Morgan fingerprint density at radius 1 is 1.20 bits per heavy atom. The molecule has 2 rings (SSSR count). The predicted octanol–water partition coefficient (Wildman–Crippen LogP) is 3.62. The molecule has 3 heteroatoms. The molecule has 1 aromatic carbocycles. The predicted molar refractivity (Wildman–Crippen MR) is 82.0 cm³/mol. The van der Waals surface area contributed by atoms with Crippen molar-refractivity contribution >= 4 is 0 Å². The molecule has 20 heavy (non-hydrogen) atoms. The quantitative estimate of drug-likeness (QED) is 0.782. The van der Waals surface area contributed by atoms with Crippen LogP contribution in [0.4, 0.5) is 0 Å². The van der Waals surface area contributed by atoms with E-state index in [1.165, 1.54) is 11.1 Å². The fourth-order valence-electron chi connectivity index (χ4n) is 2.47. The van der Waals surface area contributed by atoms with Crippen LogP contribution in [0.1, 0.15) is 41.8 Å². The molecule has 0 saturated carbocycles. The van der Waals surface area contributed by atoms with Crippen molar-refractivity contribution in [1.82, 2.24) is 10.5 Å². The van der Waals surface area contributed by atoms with Gasteiger partial charge in [-0.15, -0.1) is 0 Å². The van der Waals surface area contributed by atoms with E-state index in [2.05, 4.69) is 47.7 Å². The highest BCUT2D eigenvalue weighted by Crippen LogP contribution is 2.15. The number of aryl methyl sites for hydroxylation is 2. The van der Waals surface area contributed by atoms with Crippen molar-refractivity contribution in [2.45, 2.75) is 39.5 Å². The molecule has 0 amide bonds. The number of rotatable bonds is 7. The van der Waals surface area contributed by atoms with Crippen LogP contribution in [0.2, 0.25) is 0 Å². The highest BCUT2D eigenvalue weighted by molar-refractivity contribution is 5.21. The minimum absolute atomic E-state index is 0.551. The average molecular weight is 272 g/mol. The van der Waals surface area contributed by atoms with E-state index in [-0.39, 0.29) is 0 Å². The van der Waals surface area contributed by atoms with E-state index in [4.69, 9.17) is 4.52 Å². The summed E-state index contributed by atoms with van der Waals surface area (Å²) in [4.78, 5) is 0. The van der Waals surface area contributed by atoms with Gasteiger partial charge in [0.25, 0.3) is 0 Å². The molecule has 0 aliphatic heterocycles. The van der Waals surface area contributed by atoms with Crippen LogP contribution in [0.25, 0.3) is 0 Å². The maximum atomic E-state index is 5.18. The van der Waals surface area contributed by atoms with Crippen molar-refractivity contribution in [3.63, 3.8) is 0 Å². The smallest absolute Gasteiger partial charge is 0.137 e. The SMILES string of the molecule is Cc1noc(C)c1CCCNCC(C)c1ccccc1. The van der Waals surface area contributed by atoms with E-state index in [0.29, 0.717) is 5.92 Å². The zero-order valence-corrected chi connectivity index (χ0v) is 12.6. The Bertz CT molecular complexity index is 500. The fraction of sp³-hybridized carbons (Fsp3) is 0.471. The number of benzene rings is 1. The zero-order chi connectivity index (χ0) is 14.4. The Labute approximate surface area is 121 Å². The van der Waals surface area contributed by atoms with Gasteiger partial charge in [-0.25, -0.2) is 0 Å². The minimum atomic E-state index is 0.551. The molecule has 1 unspecified atom stereocenters. The topological polar surface area (TPSA) is 38.1 Å². The molecule has 0 radical (unpaired) electrons. The second-order valence-corrected chi connectivity index (χ2v) is 5.42. The number of nitrogens with one attached hydrogen (secondary N) is 1. The summed E-state index contributed by atoms with van der Waals surface area (Å²) in [5.41, 5.74) is 3.69. The van der Waals surface area contributed by atoms with E-state index >= 15 is 0 Å². The van der Waals surface area contributed by atoms with Crippen molar-refractivity contribution in [1.29, 1.82) is 0 Å². The Balaban J connectivity index is 1.67. The van der Waals surface area contributed by atoms with Crippen LogP contribution < -0.4 is 5.32 Å². The third-order valence-electron chi connectivity index (χ3n) is 3.78. The lowest BCUT2D eigenvalue weighted by Gasteiger charge is -2.12. The summed E-state index contributed by atoms with van der Waals surface area (Å²) in [5.74, 6) is 1.51. The summed E-state index contributed by atoms with van der Waals surface area (Å²) in [6.45, 7) is 8.31. The van der Waals surface area contributed by atoms with Gasteiger partial charge >= 0.3 is 0 Å². The number of aromatic nitrogens is 1. The standard InChI is InChI=1S/C17H24N2O/c1-13(16-8-5-4-6-9-16)12-18-11-7-10-17-14(2)19-20-15(17)3/h4-6,8-9,13,18H,7,10-12H2,1-3H3. The third kappa shape index (κ3) is 3.94. The van der Waals surface area contributed by atoms with E-state index in [1.807, 2.05) is 13.8 Å². The van der Waals surface area contributed by atoms with Gasteiger partial charge in [-0.2, -0.15) is 0 Å². The van der Waals surface area contributed by atoms with Crippen molar-refractivity contribution in [2.75, 3.05) is 13.1 Å². The molecule has 1 aromatic heterocycles. The monoisotopic (exact) mass is 272 g/mol. The molecule has 1 atom stereocenters. The van der Waals surface area contributed by atoms with Crippen molar-refractivity contribution in [3.8, 4) is 0 Å². The molecule has 108 valence electrons. The number of hydrogen-bond acceptors (Lipinski definition) is 3. The Hall–Kier alpha value is -1.61. The largest absolute Gasteiger partial charge is 0.361 e. The highest BCUT2D eigenvalue weighted by atomic mass is 16.5. The van der Waals surface area contributed by atoms with Crippen LogP contribution in [0.15, 0.2) is 34.9 Å². The fourth-order valence-corrected chi connectivity index (χ4v) is 2.47. The van der Waals surface area contributed by atoms with Gasteiger partial charge in [0.15, 0.2) is 0 Å². The number of hydrogen-bond donors (Lipinski definition) is 1. The Morgan fingerprint density at radius 2 is 1.95 bits per heavy atom. The Morgan fingerprint density at radius 3 is 2.60 bits per heavy atom. The van der Waals surface area contributed by atoms with Crippen LogP contribution in [-0.4, -0.2) is 18.2 Å². The maximum absolute atomic E-state index is 5.18. The first kappa shape index (κ1) is 14.8. The molecule has 1 heterocycles. The van der Waals surface area contributed by atoms with E-state index in [9.17, 15) is 0 Å². The normalized spacial score (nSPS) is 12.6. The van der Waals surface area contributed by atoms with E-state index < -0.39 is 0 Å². The molecule has 0 aliphatic rings. The lowest BCUT2D eigenvalue weighted by molar-refractivity contribution is 0.392. The maximum Gasteiger partial charge on any atom is 0.137 e. The van der Waals surface area contributed by atoms with Crippen LogP contribution >= 0.6 is 0 Å². The van der Waals surface area contributed by atoms with Crippen molar-refractivity contribution in [3.05, 3.63) is 52.9 Å². The molecule has 3 nitrogen and oxygen atoms in total. The molecule has 2 aromatic rings. The molecule has 1 N–H and O–H groups in total. The van der Waals surface area contributed by atoms with Gasteiger partial charge in [0, 0.05) is 12.1 Å². The summed E-state index contributed by atoms with van der Waals surface area (Å²) in [7, 11) is 0. The molecule has 0 spiro atoms. The van der Waals surface area contributed by atoms with Gasteiger partial charge in [0.1, 0.15) is 5.76 Å². The molecule has 0 fully saturated rings. The summed E-state index contributed by atoms with van der Waals surface area (Å²) >= 11 is 0. The molecule has 0 aliphatic carbocycles. The van der Waals surface area contributed by atoms with Gasteiger partial charge < -0.3 is 9.84 Å².